The molecule has 0 unspecified atom stereocenters. The van der Waals surface area contributed by atoms with Crippen molar-refractivity contribution in [3.8, 4) is 0 Å². The van der Waals surface area contributed by atoms with E-state index in [1.165, 1.54) is 28.7 Å². The minimum absolute atomic E-state index is 0.236. The lowest BCUT2D eigenvalue weighted by molar-refractivity contribution is -0.121. The topological polar surface area (TPSA) is 17.1 Å². The number of hydrogen-bond acceptors (Lipinski definition) is 1. The molecule has 0 fully saturated rings. The van der Waals surface area contributed by atoms with Gasteiger partial charge >= 0.3 is 0 Å². The maximum atomic E-state index is 12.8. The third-order valence-electron chi connectivity index (χ3n) is 5.18. The van der Waals surface area contributed by atoms with Crippen molar-refractivity contribution in [2.45, 2.75) is 93.4 Å². The predicted molar refractivity (Wildman–Crippen MR) is 116 cm³/mol. The van der Waals surface area contributed by atoms with Gasteiger partial charge in [-0.3, -0.25) is 4.79 Å². The minimum Gasteiger partial charge on any atom is -0.294 e. The summed E-state index contributed by atoms with van der Waals surface area (Å²) in [5.74, 6) is 0.707. The molecular weight excluding hydrogens is 316 g/mol. The lowest BCUT2D eigenvalue weighted by Crippen LogP contribution is -2.19. The number of benzene rings is 1. The fraction of sp³-hybridized carbons (Fsp3) is 0.640. The molecule has 0 radical (unpaired) electrons. The lowest BCUT2D eigenvalue weighted by Gasteiger charge is -2.23. The standard InChI is InChI=1S/C25H40O/c1-8-12-20-15-16-22(17-19(20)11-4)23(18-24(26)25(5,6)7)21(13-9-2)14-10-3/h15-18,21H,8-14H2,1-7H3/b23-18+. The number of rotatable bonds is 10. The fourth-order valence-electron chi connectivity index (χ4n) is 3.59. The van der Waals surface area contributed by atoms with Crippen LogP contribution < -0.4 is 0 Å². The van der Waals surface area contributed by atoms with E-state index in [0.29, 0.717) is 5.92 Å². The maximum Gasteiger partial charge on any atom is 0.161 e. The normalized spacial score (nSPS) is 12.7. The van der Waals surface area contributed by atoms with Crippen LogP contribution in [0.15, 0.2) is 24.3 Å². The summed E-state index contributed by atoms with van der Waals surface area (Å²) in [7, 11) is 0. The molecule has 0 saturated carbocycles. The highest BCUT2D eigenvalue weighted by molar-refractivity contribution is 6.00. The summed E-state index contributed by atoms with van der Waals surface area (Å²) in [5, 5.41) is 0. The van der Waals surface area contributed by atoms with Crippen molar-refractivity contribution in [2.24, 2.45) is 11.3 Å². The van der Waals surface area contributed by atoms with Crippen molar-refractivity contribution < 1.29 is 4.79 Å². The molecule has 1 nitrogen and oxygen atoms in total. The molecule has 0 amide bonds. The Labute approximate surface area is 162 Å². The summed E-state index contributed by atoms with van der Waals surface area (Å²) < 4.78 is 0. The Morgan fingerprint density at radius 2 is 1.58 bits per heavy atom. The van der Waals surface area contributed by atoms with Gasteiger partial charge in [0.2, 0.25) is 0 Å². The van der Waals surface area contributed by atoms with Crippen LogP contribution in [0.4, 0.5) is 0 Å². The zero-order chi connectivity index (χ0) is 19.7. The molecule has 1 heteroatoms. The van der Waals surface area contributed by atoms with E-state index >= 15 is 0 Å². The van der Waals surface area contributed by atoms with Crippen molar-refractivity contribution >= 4 is 11.4 Å². The third-order valence-corrected chi connectivity index (χ3v) is 5.18. The average Bonchev–Trinajstić information content (AvgIpc) is 2.59. The second kappa shape index (κ2) is 10.7. The van der Waals surface area contributed by atoms with Crippen LogP contribution in [0.3, 0.4) is 0 Å². The van der Waals surface area contributed by atoms with Crippen LogP contribution in [0.5, 0.6) is 0 Å². The van der Waals surface area contributed by atoms with E-state index < -0.39 is 0 Å². The number of hydrogen-bond donors (Lipinski definition) is 0. The summed E-state index contributed by atoms with van der Waals surface area (Å²) in [6.45, 7) is 15.0. The van der Waals surface area contributed by atoms with E-state index in [-0.39, 0.29) is 11.2 Å². The average molecular weight is 357 g/mol. The zero-order valence-corrected chi connectivity index (χ0v) is 18.2. The number of allylic oxidation sites excluding steroid dienone is 2. The Morgan fingerprint density at radius 3 is 2.04 bits per heavy atom. The first kappa shape index (κ1) is 22.7. The van der Waals surface area contributed by atoms with Gasteiger partial charge in [-0.2, -0.15) is 0 Å². The van der Waals surface area contributed by atoms with E-state index in [9.17, 15) is 4.79 Å². The monoisotopic (exact) mass is 356 g/mol. The van der Waals surface area contributed by atoms with Gasteiger partial charge in [0.1, 0.15) is 0 Å². The third kappa shape index (κ3) is 6.41. The lowest BCUT2D eigenvalue weighted by atomic mass is 9.81. The highest BCUT2D eigenvalue weighted by Gasteiger charge is 2.23. The summed E-state index contributed by atoms with van der Waals surface area (Å²) in [5.41, 5.74) is 5.08. The van der Waals surface area contributed by atoms with Crippen LogP contribution in [0.1, 0.15) is 97.3 Å². The van der Waals surface area contributed by atoms with Crippen molar-refractivity contribution in [2.75, 3.05) is 0 Å². The summed E-state index contributed by atoms with van der Waals surface area (Å²) in [6.07, 6.45) is 9.92. The van der Waals surface area contributed by atoms with Gasteiger partial charge in [-0.25, -0.2) is 0 Å². The van der Waals surface area contributed by atoms with E-state index in [1.807, 2.05) is 26.8 Å². The Hall–Kier alpha value is -1.37. The van der Waals surface area contributed by atoms with Crippen molar-refractivity contribution in [1.82, 2.24) is 0 Å². The smallest absolute Gasteiger partial charge is 0.161 e. The Morgan fingerprint density at radius 1 is 0.962 bits per heavy atom. The molecule has 0 aliphatic carbocycles. The molecule has 0 bridgehead atoms. The molecule has 0 atom stereocenters. The van der Waals surface area contributed by atoms with Gasteiger partial charge in [0.05, 0.1) is 0 Å². The predicted octanol–water partition coefficient (Wildman–Crippen LogP) is 7.42. The van der Waals surface area contributed by atoms with Gasteiger partial charge in [0.15, 0.2) is 5.78 Å². The van der Waals surface area contributed by atoms with Gasteiger partial charge in [0.25, 0.3) is 0 Å². The Balaban J connectivity index is 3.44. The van der Waals surface area contributed by atoms with Crippen LogP contribution >= 0.6 is 0 Å². The summed E-state index contributed by atoms with van der Waals surface area (Å²) >= 11 is 0. The van der Waals surface area contributed by atoms with Crippen molar-refractivity contribution in [3.63, 3.8) is 0 Å². The van der Waals surface area contributed by atoms with Gasteiger partial charge in [0, 0.05) is 5.41 Å². The molecule has 1 aromatic carbocycles. The molecule has 26 heavy (non-hydrogen) atoms. The molecule has 1 aromatic rings. The highest BCUT2D eigenvalue weighted by Crippen LogP contribution is 2.33. The first-order chi connectivity index (χ1) is 12.3. The molecule has 0 heterocycles. The van der Waals surface area contributed by atoms with Gasteiger partial charge in [-0.1, -0.05) is 85.9 Å². The molecule has 0 aliphatic rings. The highest BCUT2D eigenvalue weighted by atomic mass is 16.1. The molecule has 0 aromatic heterocycles. The zero-order valence-electron chi connectivity index (χ0n) is 18.2. The van der Waals surface area contributed by atoms with E-state index in [4.69, 9.17) is 0 Å². The van der Waals surface area contributed by atoms with Gasteiger partial charge in [-0.15, -0.1) is 0 Å². The largest absolute Gasteiger partial charge is 0.294 e. The first-order valence-corrected chi connectivity index (χ1v) is 10.7. The van der Waals surface area contributed by atoms with Gasteiger partial charge in [-0.05, 0) is 59.9 Å². The summed E-state index contributed by atoms with van der Waals surface area (Å²) in [6, 6.07) is 6.90. The quantitative estimate of drug-likeness (QED) is 0.399. The van der Waals surface area contributed by atoms with Crippen LogP contribution in [-0.2, 0) is 17.6 Å². The molecule has 0 aliphatic heterocycles. The van der Waals surface area contributed by atoms with E-state index in [0.717, 1.165) is 38.5 Å². The Bertz CT molecular complexity index is 595. The van der Waals surface area contributed by atoms with E-state index in [2.05, 4.69) is 45.9 Å². The van der Waals surface area contributed by atoms with Crippen molar-refractivity contribution in [1.29, 1.82) is 0 Å². The van der Waals surface area contributed by atoms with Crippen LogP contribution in [-0.4, -0.2) is 5.78 Å². The van der Waals surface area contributed by atoms with Crippen LogP contribution in [0.25, 0.3) is 5.57 Å². The number of carbonyl (C=O) groups excluding carboxylic acids is 1. The molecule has 1 rings (SSSR count). The summed E-state index contributed by atoms with van der Waals surface area (Å²) in [4.78, 5) is 12.8. The molecule has 146 valence electrons. The fourth-order valence-corrected chi connectivity index (χ4v) is 3.59. The van der Waals surface area contributed by atoms with Gasteiger partial charge < -0.3 is 0 Å². The first-order valence-electron chi connectivity index (χ1n) is 10.7. The number of aryl methyl sites for hydroxylation is 2. The Kier molecular flexibility index (Phi) is 9.33. The minimum atomic E-state index is -0.329. The number of ketones is 1. The molecular formula is C25H40O. The van der Waals surface area contributed by atoms with Crippen molar-refractivity contribution in [3.05, 3.63) is 41.0 Å². The second-order valence-electron chi connectivity index (χ2n) is 8.58. The van der Waals surface area contributed by atoms with E-state index in [1.54, 1.807) is 0 Å². The van der Waals surface area contributed by atoms with Crippen LogP contribution in [0, 0.1) is 11.3 Å². The second-order valence-corrected chi connectivity index (χ2v) is 8.58. The van der Waals surface area contributed by atoms with Crippen LogP contribution in [0.2, 0.25) is 0 Å². The molecule has 0 N–H and O–H groups in total. The SMILES string of the molecule is CCCc1ccc(/C(=C/C(=O)C(C)(C)C)C(CCC)CCC)cc1CC. The maximum absolute atomic E-state index is 12.8. The molecule has 0 saturated heterocycles. The molecule has 0 spiro atoms. The number of carbonyl (C=O) groups is 1.